The Morgan fingerprint density at radius 3 is 2.58 bits per heavy atom. The Morgan fingerprint density at radius 2 is 2.08 bits per heavy atom. The zero-order valence-electron chi connectivity index (χ0n) is 7.00. The maximum atomic E-state index is 10.7. The summed E-state index contributed by atoms with van der Waals surface area (Å²) >= 11 is 3.57. The van der Waals surface area contributed by atoms with Crippen LogP contribution in [0, 0.1) is 0 Å². The smallest absolute Gasteiger partial charge is 0.305 e. The third-order valence-electron chi connectivity index (χ3n) is 1.21. The van der Waals surface area contributed by atoms with Crippen molar-refractivity contribution in [3.05, 3.63) is 0 Å². The highest BCUT2D eigenvalue weighted by Crippen LogP contribution is 1.97. The lowest BCUT2D eigenvalue weighted by atomic mass is 10.2. The van der Waals surface area contributed by atoms with Crippen LogP contribution in [-0.2, 0) is 14.3 Å². The van der Waals surface area contributed by atoms with Gasteiger partial charge in [0.05, 0.1) is 6.61 Å². The van der Waals surface area contributed by atoms with Crippen LogP contribution in [-0.4, -0.2) is 18.5 Å². The van der Waals surface area contributed by atoms with Gasteiger partial charge >= 0.3 is 5.97 Å². The second-order valence-electron chi connectivity index (χ2n) is 2.19. The van der Waals surface area contributed by atoms with Crippen molar-refractivity contribution >= 4 is 24.7 Å². The van der Waals surface area contributed by atoms with Gasteiger partial charge in [-0.3, -0.25) is 9.59 Å². The van der Waals surface area contributed by atoms with Gasteiger partial charge in [-0.2, -0.15) is 0 Å². The van der Waals surface area contributed by atoms with Gasteiger partial charge in [0.25, 0.3) is 0 Å². The van der Waals surface area contributed by atoms with Gasteiger partial charge in [-0.15, -0.1) is 0 Å². The molecule has 0 aromatic heterocycles. The molecule has 0 aliphatic heterocycles. The number of carbonyl (C=O) groups is 2. The fourth-order valence-corrected chi connectivity index (χ4v) is 0.794. The van der Waals surface area contributed by atoms with Crippen LogP contribution in [0.5, 0.6) is 0 Å². The van der Waals surface area contributed by atoms with Crippen LogP contribution in [0.25, 0.3) is 0 Å². The molecule has 1 amide bonds. The summed E-state index contributed by atoms with van der Waals surface area (Å²) < 4.78 is 6.84. The van der Waals surface area contributed by atoms with Gasteiger partial charge in [0, 0.05) is 12.8 Å². The van der Waals surface area contributed by atoms with Gasteiger partial charge in [-0.05, 0) is 13.3 Å². The van der Waals surface area contributed by atoms with Crippen molar-refractivity contribution in [3.63, 3.8) is 0 Å². The molecule has 0 aliphatic carbocycles. The van der Waals surface area contributed by atoms with Crippen molar-refractivity contribution in [2.75, 3.05) is 6.61 Å². The number of esters is 1. The fourth-order valence-electron chi connectivity index (χ4n) is 0.682. The summed E-state index contributed by atoms with van der Waals surface area (Å²) in [5.74, 6) is -0.438. The number of hydrogen-bond donors (Lipinski definition) is 2. The summed E-state index contributed by atoms with van der Waals surface area (Å²) in [4.78, 5) is 21.4. The standard InChI is InChI=1S/C7H13NO3S/c1-2-11-7(10)5-3-4-6(9)8-12/h12H,2-5H2,1H3,(H,8,9). The Labute approximate surface area is 77.2 Å². The van der Waals surface area contributed by atoms with Crippen LogP contribution < -0.4 is 4.72 Å². The van der Waals surface area contributed by atoms with Gasteiger partial charge in [0.15, 0.2) is 0 Å². The topological polar surface area (TPSA) is 55.4 Å². The molecule has 0 bridgehead atoms. The molecule has 1 N–H and O–H groups in total. The second-order valence-corrected chi connectivity index (χ2v) is 2.42. The summed E-state index contributed by atoms with van der Waals surface area (Å²) in [6.07, 6.45) is 1.10. The maximum absolute atomic E-state index is 10.7. The highest BCUT2D eigenvalue weighted by molar-refractivity contribution is 7.78. The Hall–Kier alpha value is -0.710. The normalized spacial score (nSPS) is 9.17. The van der Waals surface area contributed by atoms with Crippen LogP contribution in [0.2, 0.25) is 0 Å². The minimum atomic E-state index is -0.260. The first-order chi connectivity index (χ1) is 5.70. The van der Waals surface area contributed by atoms with E-state index in [0.29, 0.717) is 19.4 Å². The molecule has 0 rings (SSSR count). The molecule has 0 heterocycles. The summed E-state index contributed by atoms with van der Waals surface area (Å²) in [5.41, 5.74) is 0. The highest BCUT2D eigenvalue weighted by Gasteiger charge is 2.03. The average molecular weight is 191 g/mol. The van der Waals surface area contributed by atoms with Gasteiger partial charge in [-0.1, -0.05) is 12.8 Å². The van der Waals surface area contributed by atoms with Crippen LogP contribution in [0.3, 0.4) is 0 Å². The van der Waals surface area contributed by atoms with Crippen LogP contribution in [0.15, 0.2) is 0 Å². The number of ether oxygens (including phenoxy) is 1. The van der Waals surface area contributed by atoms with Gasteiger partial charge in [-0.25, -0.2) is 0 Å². The highest BCUT2D eigenvalue weighted by atomic mass is 32.1. The van der Waals surface area contributed by atoms with E-state index < -0.39 is 0 Å². The molecule has 0 aromatic rings. The molecule has 0 fully saturated rings. The van der Waals surface area contributed by atoms with E-state index in [-0.39, 0.29) is 18.3 Å². The molecule has 0 spiro atoms. The zero-order chi connectivity index (χ0) is 9.40. The lowest BCUT2D eigenvalue weighted by Gasteiger charge is -2.00. The molecule has 70 valence electrons. The SMILES string of the molecule is CCOC(=O)CCCC(=O)NS. The molecule has 4 nitrogen and oxygen atoms in total. The fraction of sp³-hybridized carbons (Fsp3) is 0.714. The molecule has 0 unspecified atom stereocenters. The number of thiol groups is 1. The number of nitrogens with one attached hydrogen (secondary N) is 1. The van der Waals surface area contributed by atoms with Crippen molar-refractivity contribution in [1.82, 2.24) is 4.72 Å². The van der Waals surface area contributed by atoms with Crippen LogP contribution in [0.4, 0.5) is 0 Å². The van der Waals surface area contributed by atoms with E-state index in [1.165, 1.54) is 0 Å². The molecule has 5 heteroatoms. The van der Waals surface area contributed by atoms with Crippen molar-refractivity contribution in [1.29, 1.82) is 0 Å². The van der Waals surface area contributed by atoms with Crippen molar-refractivity contribution in [2.24, 2.45) is 0 Å². The Bertz CT molecular complexity index is 161. The van der Waals surface area contributed by atoms with Gasteiger partial charge in [0.1, 0.15) is 0 Å². The third kappa shape index (κ3) is 6.03. The van der Waals surface area contributed by atoms with Crippen LogP contribution >= 0.6 is 12.8 Å². The van der Waals surface area contributed by atoms with E-state index >= 15 is 0 Å². The summed E-state index contributed by atoms with van der Waals surface area (Å²) in [5, 5.41) is 0. The van der Waals surface area contributed by atoms with E-state index in [1.807, 2.05) is 0 Å². The number of amides is 1. The second kappa shape index (κ2) is 6.97. The first-order valence-corrected chi connectivity index (χ1v) is 4.24. The first-order valence-electron chi connectivity index (χ1n) is 3.79. The monoisotopic (exact) mass is 191 g/mol. The molecule has 0 aromatic carbocycles. The van der Waals surface area contributed by atoms with E-state index in [0.717, 1.165) is 0 Å². The van der Waals surface area contributed by atoms with Crippen molar-refractivity contribution in [3.8, 4) is 0 Å². The van der Waals surface area contributed by atoms with Gasteiger partial charge in [0.2, 0.25) is 5.91 Å². The quantitative estimate of drug-likeness (QED) is 0.496. The lowest BCUT2D eigenvalue weighted by molar-refractivity contribution is -0.143. The number of hydrogen-bond acceptors (Lipinski definition) is 4. The van der Waals surface area contributed by atoms with E-state index in [2.05, 4.69) is 22.3 Å². The molecular weight excluding hydrogens is 178 g/mol. The molecule has 0 atom stereocenters. The molecular formula is C7H13NO3S. The van der Waals surface area contributed by atoms with E-state index in [4.69, 9.17) is 0 Å². The predicted octanol–water partition coefficient (Wildman–Crippen LogP) is 0.681. The number of carbonyl (C=O) groups excluding carboxylic acids is 2. The Morgan fingerprint density at radius 1 is 1.42 bits per heavy atom. The van der Waals surface area contributed by atoms with Crippen molar-refractivity contribution in [2.45, 2.75) is 26.2 Å². The molecule has 0 aliphatic rings. The Kier molecular flexibility index (Phi) is 6.55. The largest absolute Gasteiger partial charge is 0.466 e. The Balaban J connectivity index is 3.30. The summed E-state index contributed by atoms with van der Waals surface area (Å²) in [6, 6.07) is 0. The lowest BCUT2D eigenvalue weighted by Crippen LogP contribution is -2.12. The molecule has 0 radical (unpaired) electrons. The molecule has 0 saturated heterocycles. The summed E-state index contributed by atoms with van der Waals surface area (Å²) in [6.45, 7) is 2.13. The maximum Gasteiger partial charge on any atom is 0.305 e. The first kappa shape index (κ1) is 11.3. The third-order valence-corrected chi connectivity index (χ3v) is 1.46. The molecule has 0 saturated carbocycles. The zero-order valence-corrected chi connectivity index (χ0v) is 7.89. The average Bonchev–Trinajstić information content (AvgIpc) is 2.04. The number of rotatable bonds is 5. The van der Waals surface area contributed by atoms with Crippen LogP contribution in [0.1, 0.15) is 26.2 Å². The van der Waals surface area contributed by atoms with E-state index in [1.54, 1.807) is 6.92 Å². The van der Waals surface area contributed by atoms with E-state index in [9.17, 15) is 9.59 Å². The van der Waals surface area contributed by atoms with Crippen molar-refractivity contribution < 1.29 is 14.3 Å². The minimum absolute atomic E-state index is 0.178. The predicted molar refractivity (Wildman–Crippen MR) is 47.6 cm³/mol. The summed E-state index contributed by atoms with van der Waals surface area (Å²) in [7, 11) is 0. The van der Waals surface area contributed by atoms with Gasteiger partial charge < -0.3 is 9.46 Å². The minimum Gasteiger partial charge on any atom is -0.466 e. The molecule has 12 heavy (non-hydrogen) atoms.